The maximum Gasteiger partial charge on any atom is 0.262 e. The van der Waals surface area contributed by atoms with Crippen molar-refractivity contribution < 1.29 is 12.8 Å². The largest absolute Gasteiger partial charge is 0.303 e. The normalized spacial score (nSPS) is 18.2. The monoisotopic (exact) mass is 440 g/mol. The van der Waals surface area contributed by atoms with Crippen LogP contribution in [0.15, 0.2) is 51.8 Å². The second-order valence-electron chi connectivity index (χ2n) is 6.55. The van der Waals surface area contributed by atoms with E-state index in [-0.39, 0.29) is 9.37 Å². The van der Waals surface area contributed by atoms with Crippen LogP contribution in [0, 0.1) is 5.82 Å². The summed E-state index contributed by atoms with van der Waals surface area (Å²) >= 11 is 3.04. The Bertz CT molecular complexity index is 889. The number of rotatable bonds is 6. The Kier molecular flexibility index (Phi) is 5.99. The molecule has 4 nitrogen and oxygen atoms in total. The highest BCUT2D eigenvalue weighted by Gasteiger charge is 2.26. The van der Waals surface area contributed by atoms with E-state index in [9.17, 15) is 12.8 Å². The Balaban J connectivity index is 1.85. The van der Waals surface area contributed by atoms with Crippen molar-refractivity contribution in [3.05, 3.63) is 58.3 Å². The third-order valence-electron chi connectivity index (χ3n) is 4.66. The standard InChI is InChI=1S/C19H22BrFN2O2S/c1-2-10-23-11-9-14(13-23)16-5-3-4-6-19(16)22-26(24,25)15-7-8-17(20)18(21)12-15/h3-8,12,14,22H,2,9-11,13H2,1H3. The molecule has 1 unspecified atom stereocenters. The van der Waals surface area contributed by atoms with Crippen molar-refractivity contribution in [2.75, 3.05) is 24.4 Å². The Labute approximate surface area is 162 Å². The molecule has 1 N–H and O–H groups in total. The number of anilines is 1. The molecular weight excluding hydrogens is 419 g/mol. The summed E-state index contributed by atoms with van der Waals surface area (Å²) in [7, 11) is -3.85. The lowest BCUT2D eigenvalue weighted by molar-refractivity contribution is 0.335. The van der Waals surface area contributed by atoms with Crippen LogP contribution in [0.3, 0.4) is 0 Å². The number of hydrogen-bond donors (Lipinski definition) is 1. The van der Waals surface area contributed by atoms with E-state index in [2.05, 4.69) is 32.5 Å². The zero-order valence-corrected chi connectivity index (χ0v) is 17.0. The molecule has 1 aliphatic rings. The molecule has 3 rings (SSSR count). The first kappa shape index (κ1) is 19.3. The third kappa shape index (κ3) is 4.27. The number of hydrogen-bond acceptors (Lipinski definition) is 3. The average molecular weight is 441 g/mol. The van der Waals surface area contributed by atoms with E-state index >= 15 is 0 Å². The summed E-state index contributed by atoms with van der Waals surface area (Å²) in [6.45, 7) is 5.17. The second kappa shape index (κ2) is 8.06. The molecule has 2 aromatic carbocycles. The van der Waals surface area contributed by atoms with E-state index in [1.165, 1.54) is 12.1 Å². The summed E-state index contributed by atoms with van der Waals surface area (Å²) < 4.78 is 42.0. The van der Waals surface area contributed by atoms with Gasteiger partial charge in [-0.25, -0.2) is 12.8 Å². The van der Waals surface area contributed by atoms with E-state index < -0.39 is 15.8 Å². The molecule has 0 aliphatic carbocycles. The maximum atomic E-state index is 13.7. The molecule has 1 fully saturated rings. The molecule has 2 aromatic rings. The van der Waals surface area contributed by atoms with Gasteiger partial charge in [0.25, 0.3) is 10.0 Å². The summed E-state index contributed by atoms with van der Waals surface area (Å²) in [6, 6.07) is 11.3. The molecule has 0 spiro atoms. The number of likely N-dealkylation sites (tertiary alicyclic amines) is 1. The molecule has 0 aromatic heterocycles. The molecule has 26 heavy (non-hydrogen) atoms. The van der Waals surface area contributed by atoms with Gasteiger partial charge in [-0.1, -0.05) is 25.1 Å². The first-order valence-electron chi connectivity index (χ1n) is 8.70. The molecule has 0 amide bonds. The maximum absolute atomic E-state index is 13.7. The van der Waals surface area contributed by atoms with E-state index in [0.717, 1.165) is 44.1 Å². The summed E-state index contributed by atoms with van der Waals surface area (Å²) in [4.78, 5) is 2.31. The van der Waals surface area contributed by atoms with Gasteiger partial charge in [0.2, 0.25) is 0 Å². The number of nitrogens with one attached hydrogen (secondary N) is 1. The van der Waals surface area contributed by atoms with Crippen LogP contribution in [0.5, 0.6) is 0 Å². The van der Waals surface area contributed by atoms with Gasteiger partial charge in [0.05, 0.1) is 15.1 Å². The van der Waals surface area contributed by atoms with Gasteiger partial charge in [0.1, 0.15) is 5.82 Å². The smallest absolute Gasteiger partial charge is 0.262 e. The molecule has 140 valence electrons. The average Bonchev–Trinajstić information content (AvgIpc) is 3.06. The highest BCUT2D eigenvalue weighted by Crippen LogP contribution is 2.33. The predicted molar refractivity (Wildman–Crippen MR) is 105 cm³/mol. The van der Waals surface area contributed by atoms with Crippen molar-refractivity contribution in [1.29, 1.82) is 0 Å². The molecule has 0 radical (unpaired) electrons. The van der Waals surface area contributed by atoms with Crippen LogP contribution in [0.4, 0.5) is 10.1 Å². The Morgan fingerprint density at radius 2 is 2.04 bits per heavy atom. The zero-order valence-electron chi connectivity index (χ0n) is 14.6. The molecule has 0 bridgehead atoms. The Morgan fingerprint density at radius 3 is 2.77 bits per heavy atom. The van der Waals surface area contributed by atoms with Crippen LogP contribution in [0.1, 0.15) is 31.2 Å². The lowest BCUT2D eigenvalue weighted by Gasteiger charge is -2.18. The van der Waals surface area contributed by atoms with Crippen molar-refractivity contribution in [1.82, 2.24) is 4.90 Å². The predicted octanol–water partition coefficient (Wildman–Crippen LogP) is 4.59. The number of para-hydroxylation sites is 1. The SMILES string of the molecule is CCCN1CCC(c2ccccc2NS(=O)(=O)c2ccc(Br)c(F)c2)C1. The van der Waals surface area contributed by atoms with Crippen LogP contribution in [-0.2, 0) is 10.0 Å². The van der Waals surface area contributed by atoms with Crippen LogP contribution in [0.25, 0.3) is 0 Å². The summed E-state index contributed by atoms with van der Waals surface area (Å²) in [5.74, 6) is -0.311. The van der Waals surface area contributed by atoms with Crippen molar-refractivity contribution >= 4 is 31.6 Å². The van der Waals surface area contributed by atoms with Crippen LogP contribution >= 0.6 is 15.9 Å². The molecule has 0 saturated carbocycles. The van der Waals surface area contributed by atoms with Gasteiger partial charge in [0.15, 0.2) is 0 Å². The van der Waals surface area contributed by atoms with E-state index in [4.69, 9.17) is 0 Å². The minimum absolute atomic E-state index is 0.0907. The summed E-state index contributed by atoms with van der Waals surface area (Å²) in [5, 5.41) is 0. The van der Waals surface area contributed by atoms with Crippen molar-refractivity contribution in [2.24, 2.45) is 0 Å². The molecule has 7 heteroatoms. The zero-order chi connectivity index (χ0) is 18.7. The van der Waals surface area contributed by atoms with E-state index in [1.54, 1.807) is 6.07 Å². The number of nitrogens with zero attached hydrogens (tertiary/aromatic N) is 1. The highest BCUT2D eigenvalue weighted by molar-refractivity contribution is 9.10. The van der Waals surface area contributed by atoms with Gasteiger partial charge in [-0.15, -0.1) is 0 Å². The molecule has 1 atom stereocenters. The number of halogens is 2. The minimum atomic E-state index is -3.85. The molecule has 1 aliphatic heterocycles. The lowest BCUT2D eigenvalue weighted by Crippen LogP contribution is -2.21. The number of benzene rings is 2. The van der Waals surface area contributed by atoms with Crippen LogP contribution in [-0.4, -0.2) is 33.0 Å². The van der Waals surface area contributed by atoms with Gasteiger partial charge in [-0.05, 0) is 77.6 Å². The fourth-order valence-electron chi connectivity index (χ4n) is 3.40. The summed E-state index contributed by atoms with van der Waals surface area (Å²) in [6.07, 6.45) is 2.11. The molecular formula is C19H22BrFN2O2S. The topological polar surface area (TPSA) is 49.4 Å². The van der Waals surface area contributed by atoms with Crippen molar-refractivity contribution in [3.63, 3.8) is 0 Å². The van der Waals surface area contributed by atoms with E-state index in [0.29, 0.717) is 11.6 Å². The first-order chi connectivity index (χ1) is 12.4. The van der Waals surface area contributed by atoms with Crippen molar-refractivity contribution in [2.45, 2.75) is 30.6 Å². The lowest BCUT2D eigenvalue weighted by atomic mass is 9.97. The third-order valence-corrected chi connectivity index (χ3v) is 6.66. The molecule has 1 heterocycles. The fraction of sp³-hybridized carbons (Fsp3) is 0.368. The van der Waals surface area contributed by atoms with Crippen LogP contribution in [0.2, 0.25) is 0 Å². The van der Waals surface area contributed by atoms with Gasteiger partial charge in [-0.3, -0.25) is 4.72 Å². The van der Waals surface area contributed by atoms with Gasteiger partial charge < -0.3 is 4.90 Å². The van der Waals surface area contributed by atoms with E-state index in [1.807, 2.05) is 18.2 Å². The Morgan fingerprint density at radius 1 is 1.27 bits per heavy atom. The van der Waals surface area contributed by atoms with Crippen molar-refractivity contribution in [3.8, 4) is 0 Å². The second-order valence-corrected chi connectivity index (χ2v) is 9.09. The molecule has 1 saturated heterocycles. The van der Waals surface area contributed by atoms with Gasteiger partial charge in [-0.2, -0.15) is 0 Å². The quantitative estimate of drug-likeness (QED) is 0.714. The minimum Gasteiger partial charge on any atom is -0.303 e. The Hall–Kier alpha value is -1.44. The van der Waals surface area contributed by atoms with Gasteiger partial charge >= 0.3 is 0 Å². The first-order valence-corrected chi connectivity index (χ1v) is 11.0. The van der Waals surface area contributed by atoms with Crippen LogP contribution < -0.4 is 4.72 Å². The highest BCUT2D eigenvalue weighted by atomic mass is 79.9. The number of sulfonamides is 1. The fourth-order valence-corrected chi connectivity index (χ4v) is 4.75. The van der Waals surface area contributed by atoms with Gasteiger partial charge in [0, 0.05) is 6.54 Å². The summed E-state index contributed by atoms with van der Waals surface area (Å²) in [5.41, 5.74) is 1.56.